The zero-order chi connectivity index (χ0) is 47.0. The standard InChI is InChI=1S/C55H87NO8/c1-6-8-10-12-14-15-16-17-18-19-20-21-22-23-24-25-26-27-28-29-30-31-32-33-34-35-36-37-38-39-40-42-44-46-53(58)64-51(49-62-52(57)45-43-41-13-11-9-7-2)50-63-55(54(59)60)61-48-47-56(3,4)5/h8,10,14-15,17-18,20-21,23-24,26-27,29-30,32-33,35-36,38-39,51,55H,6-7,9,11-13,16,19,22,25,28,31,34,37,40-50H2,1-5H3/b10-8-,15-14-,18-17-,21-20-,24-23-,27-26-,30-29-,33-32-,36-35-,39-38-. The van der Waals surface area contributed by atoms with Gasteiger partial charge in [0.15, 0.2) is 12.4 Å². The topological polar surface area (TPSA) is 111 Å². The molecule has 0 aromatic carbocycles. The predicted octanol–water partition coefficient (Wildman–Crippen LogP) is 12.1. The summed E-state index contributed by atoms with van der Waals surface area (Å²) in [5, 5.41) is 11.6. The molecule has 0 fully saturated rings. The van der Waals surface area contributed by atoms with Crippen LogP contribution in [-0.4, -0.2) is 82.3 Å². The average Bonchev–Trinajstić information content (AvgIpc) is 3.26. The molecule has 2 atom stereocenters. The quantitative estimate of drug-likeness (QED) is 0.0196. The largest absolute Gasteiger partial charge is 0.545 e. The first-order valence-corrected chi connectivity index (χ1v) is 24.2. The number of hydrogen-bond acceptors (Lipinski definition) is 8. The van der Waals surface area contributed by atoms with Crippen LogP contribution in [0.3, 0.4) is 0 Å². The van der Waals surface area contributed by atoms with Crippen LogP contribution in [0.1, 0.15) is 149 Å². The Balaban J connectivity index is 4.28. The van der Waals surface area contributed by atoms with Crippen LogP contribution >= 0.6 is 0 Å². The van der Waals surface area contributed by atoms with Gasteiger partial charge in [0.1, 0.15) is 13.2 Å². The molecule has 0 bridgehead atoms. The number of nitrogens with zero attached hydrogens (tertiary/aromatic N) is 1. The Morgan fingerprint density at radius 3 is 1.33 bits per heavy atom. The van der Waals surface area contributed by atoms with Gasteiger partial charge in [-0.15, -0.1) is 0 Å². The maximum absolute atomic E-state index is 12.7. The summed E-state index contributed by atoms with van der Waals surface area (Å²) >= 11 is 0. The number of carboxylic acid groups (broad SMARTS) is 1. The molecule has 0 aromatic heterocycles. The van der Waals surface area contributed by atoms with E-state index >= 15 is 0 Å². The van der Waals surface area contributed by atoms with E-state index in [0.717, 1.165) is 109 Å². The van der Waals surface area contributed by atoms with Crippen LogP contribution in [0.15, 0.2) is 122 Å². The molecular formula is C55H87NO8. The van der Waals surface area contributed by atoms with Gasteiger partial charge in [0.05, 0.1) is 40.3 Å². The molecule has 0 amide bonds. The molecule has 9 heteroatoms. The van der Waals surface area contributed by atoms with Crippen LogP contribution in [-0.2, 0) is 33.3 Å². The van der Waals surface area contributed by atoms with Crippen LogP contribution in [0.25, 0.3) is 0 Å². The highest BCUT2D eigenvalue weighted by Gasteiger charge is 2.21. The summed E-state index contributed by atoms with van der Waals surface area (Å²) in [6.45, 7) is 4.46. The van der Waals surface area contributed by atoms with Crippen molar-refractivity contribution in [1.82, 2.24) is 0 Å². The minimum absolute atomic E-state index is 0.133. The number of unbranched alkanes of at least 4 members (excludes halogenated alkanes) is 7. The second-order valence-corrected chi connectivity index (χ2v) is 16.7. The van der Waals surface area contributed by atoms with Gasteiger partial charge in [0, 0.05) is 12.8 Å². The molecule has 0 spiro atoms. The van der Waals surface area contributed by atoms with Crippen molar-refractivity contribution in [3.05, 3.63) is 122 Å². The van der Waals surface area contributed by atoms with Crippen molar-refractivity contribution in [2.45, 2.75) is 161 Å². The minimum Gasteiger partial charge on any atom is -0.545 e. The predicted molar refractivity (Wildman–Crippen MR) is 264 cm³/mol. The van der Waals surface area contributed by atoms with Gasteiger partial charge in [-0.25, -0.2) is 0 Å². The van der Waals surface area contributed by atoms with E-state index in [-0.39, 0.29) is 38.6 Å². The lowest BCUT2D eigenvalue weighted by atomic mass is 10.1. The molecule has 0 saturated carbocycles. The maximum atomic E-state index is 12.7. The molecule has 0 heterocycles. The highest BCUT2D eigenvalue weighted by molar-refractivity contribution is 5.70. The van der Waals surface area contributed by atoms with Crippen molar-refractivity contribution in [2.24, 2.45) is 0 Å². The monoisotopic (exact) mass is 890 g/mol. The van der Waals surface area contributed by atoms with Crippen molar-refractivity contribution in [2.75, 3.05) is 47.5 Å². The Hall–Kier alpha value is -4.31. The molecule has 0 aliphatic heterocycles. The molecule has 360 valence electrons. The smallest absolute Gasteiger partial charge is 0.306 e. The van der Waals surface area contributed by atoms with E-state index in [1.807, 2.05) is 21.1 Å². The number of quaternary nitrogens is 1. The highest BCUT2D eigenvalue weighted by atomic mass is 16.7. The number of allylic oxidation sites excluding steroid dienone is 20. The second kappa shape index (κ2) is 45.3. The van der Waals surface area contributed by atoms with Crippen LogP contribution in [0, 0.1) is 0 Å². The SMILES string of the molecule is CC/C=C\C/C=C\C/C=C\C/C=C\C/C=C\C/C=C\C/C=C\C/C=C\C/C=C\C/C=C\CCCCC(=O)OC(COC(=O)CCCCCCCC)COC(OCC[N+](C)(C)C)C(=O)[O-]. The Morgan fingerprint density at radius 1 is 0.484 bits per heavy atom. The van der Waals surface area contributed by atoms with Gasteiger partial charge in [-0.05, 0) is 89.9 Å². The first-order valence-electron chi connectivity index (χ1n) is 24.2. The van der Waals surface area contributed by atoms with Crippen molar-refractivity contribution in [1.29, 1.82) is 0 Å². The summed E-state index contributed by atoms with van der Waals surface area (Å²) in [5.41, 5.74) is 0. The molecule has 0 aromatic rings. The number of ether oxygens (including phenoxy) is 4. The van der Waals surface area contributed by atoms with Gasteiger partial charge < -0.3 is 33.3 Å². The number of aliphatic carboxylic acids is 1. The van der Waals surface area contributed by atoms with Crippen LogP contribution in [0.2, 0.25) is 0 Å². The van der Waals surface area contributed by atoms with Gasteiger partial charge in [0.2, 0.25) is 0 Å². The summed E-state index contributed by atoms with van der Waals surface area (Å²) in [6.07, 6.45) is 60.0. The first kappa shape index (κ1) is 59.7. The van der Waals surface area contributed by atoms with Gasteiger partial charge in [-0.1, -0.05) is 167 Å². The van der Waals surface area contributed by atoms with E-state index in [9.17, 15) is 19.5 Å². The fourth-order valence-corrected chi connectivity index (χ4v) is 5.74. The lowest BCUT2D eigenvalue weighted by molar-refractivity contribution is -0.870. The maximum Gasteiger partial charge on any atom is 0.306 e. The number of rotatable bonds is 42. The number of carboxylic acids is 1. The van der Waals surface area contributed by atoms with E-state index < -0.39 is 24.3 Å². The van der Waals surface area contributed by atoms with Crippen LogP contribution in [0.4, 0.5) is 0 Å². The van der Waals surface area contributed by atoms with Crippen molar-refractivity contribution >= 4 is 17.9 Å². The summed E-state index contributed by atoms with van der Waals surface area (Å²) < 4.78 is 22.3. The molecule has 0 N–H and O–H groups in total. The van der Waals surface area contributed by atoms with Gasteiger partial charge >= 0.3 is 11.9 Å². The molecule has 9 nitrogen and oxygen atoms in total. The zero-order valence-corrected chi connectivity index (χ0v) is 40.6. The number of carbonyl (C=O) groups is 3. The number of carbonyl (C=O) groups excluding carboxylic acids is 3. The normalized spacial score (nSPS) is 14.0. The molecule has 0 aliphatic carbocycles. The van der Waals surface area contributed by atoms with Gasteiger partial charge in [0.25, 0.3) is 0 Å². The van der Waals surface area contributed by atoms with E-state index in [1.165, 1.54) is 6.42 Å². The van der Waals surface area contributed by atoms with E-state index in [0.29, 0.717) is 17.4 Å². The number of esters is 2. The van der Waals surface area contributed by atoms with Crippen molar-refractivity contribution in [3.63, 3.8) is 0 Å². The van der Waals surface area contributed by atoms with Gasteiger partial charge in [-0.2, -0.15) is 0 Å². The van der Waals surface area contributed by atoms with Crippen molar-refractivity contribution in [3.8, 4) is 0 Å². The summed E-state index contributed by atoms with van der Waals surface area (Å²) in [4.78, 5) is 36.7. The third kappa shape index (κ3) is 45.7. The molecule has 64 heavy (non-hydrogen) atoms. The van der Waals surface area contributed by atoms with E-state index in [1.54, 1.807) is 0 Å². The average molecular weight is 890 g/mol. The van der Waals surface area contributed by atoms with Crippen LogP contribution < -0.4 is 5.11 Å². The number of hydrogen-bond donors (Lipinski definition) is 0. The highest BCUT2D eigenvalue weighted by Crippen LogP contribution is 2.10. The zero-order valence-electron chi connectivity index (χ0n) is 40.6. The lowest BCUT2D eigenvalue weighted by Gasteiger charge is -2.26. The molecule has 0 aliphatic rings. The second-order valence-electron chi connectivity index (χ2n) is 16.7. The molecule has 0 saturated heterocycles. The number of likely N-dealkylation sites (N-methyl/N-ethyl adjacent to an activating group) is 1. The Morgan fingerprint density at radius 2 is 0.891 bits per heavy atom. The minimum atomic E-state index is -1.64. The summed E-state index contributed by atoms with van der Waals surface area (Å²) in [7, 11) is 5.87. The molecule has 2 unspecified atom stereocenters. The summed E-state index contributed by atoms with van der Waals surface area (Å²) in [6, 6.07) is 0. The fraction of sp³-hybridized carbons (Fsp3) is 0.582. The first-order chi connectivity index (χ1) is 31.1. The summed E-state index contributed by atoms with van der Waals surface area (Å²) in [5.74, 6) is -2.38. The molecular weight excluding hydrogens is 803 g/mol. The van der Waals surface area contributed by atoms with Gasteiger partial charge in [-0.3, -0.25) is 9.59 Å². The molecule has 0 radical (unpaired) electrons. The Kier molecular flexibility index (Phi) is 42.2. The lowest BCUT2D eigenvalue weighted by Crippen LogP contribution is -2.44. The Labute approximate surface area is 389 Å². The fourth-order valence-electron chi connectivity index (χ4n) is 5.74. The van der Waals surface area contributed by atoms with Crippen molar-refractivity contribution < 1.29 is 42.9 Å². The third-order valence-corrected chi connectivity index (χ3v) is 9.47. The van der Waals surface area contributed by atoms with E-state index in [4.69, 9.17) is 18.9 Å². The van der Waals surface area contributed by atoms with Crippen LogP contribution in [0.5, 0.6) is 0 Å². The third-order valence-electron chi connectivity index (χ3n) is 9.47. The van der Waals surface area contributed by atoms with E-state index in [2.05, 4.69) is 135 Å². The Bertz CT molecular complexity index is 1460. The molecule has 0 rings (SSSR count).